The van der Waals surface area contributed by atoms with Crippen LogP contribution in [0.5, 0.6) is 0 Å². The molecule has 0 aliphatic carbocycles. The van der Waals surface area contributed by atoms with Crippen LogP contribution in [0.25, 0.3) is 0 Å². The third-order valence-electron chi connectivity index (χ3n) is 2.60. The quantitative estimate of drug-likeness (QED) is 0.796. The second-order valence-corrected chi connectivity index (χ2v) is 4.62. The Hall–Kier alpha value is -1.36. The minimum absolute atomic E-state index is 0.0262. The average molecular weight is 283 g/mol. The third-order valence-corrected chi connectivity index (χ3v) is 3.13. The fraction of sp³-hybridized carbons (Fsp3) is 0.273. The maximum atomic E-state index is 11.6. The number of carbonyl (C=O) groups is 2. The number of halogens is 1. The first kappa shape index (κ1) is 11.1. The molecule has 1 fully saturated rings. The van der Waals surface area contributed by atoms with E-state index in [1.165, 1.54) is 4.90 Å². The van der Waals surface area contributed by atoms with Gasteiger partial charge in [0.2, 0.25) is 5.91 Å². The van der Waals surface area contributed by atoms with Gasteiger partial charge in [0, 0.05) is 35.0 Å². The molecule has 0 aromatic heterocycles. The van der Waals surface area contributed by atoms with Crippen molar-refractivity contribution in [2.45, 2.75) is 6.42 Å². The van der Waals surface area contributed by atoms with E-state index in [2.05, 4.69) is 15.9 Å². The second kappa shape index (κ2) is 4.25. The van der Waals surface area contributed by atoms with Crippen LogP contribution >= 0.6 is 15.9 Å². The number of carboxylic acid groups (broad SMARTS) is 1. The maximum Gasteiger partial charge on any atom is 0.227 e. The molecule has 0 radical (unpaired) electrons. The zero-order valence-electron chi connectivity index (χ0n) is 8.35. The summed E-state index contributed by atoms with van der Waals surface area (Å²) in [5.74, 6) is -2.03. The summed E-state index contributed by atoms with van der Waals surface area (Å²) in [7, 11) is 0. The van der Waals surface area contributed by atoms with Crippen LogP contribution in [0.15, 0.2) is 28.7 Å². The second-order valence-electron chi connectivity index (χ2n) is 3.70. The van der Waals surface area contributed by atoms with Crippen molar-refractivity contribution in [3.8, 4) is 0 Å². The molecule has 4 nitrogen and oxygen atoms in total. The number of carboxylic acids is 1. The van der Waals surface area contributed by atoms with Crippen molar-refractivity contribution < 1.29 is 14.7 Å². The zero-order valence-corrected chi connectivity index (χ0v) is 9.94. The van der Waals surface area contributed by atoms with E-state index in [1.54, 1.807) is 12.1 Å². The predicted molar refractivity (Wildman–Crippen MR) is 59.6 cm³/mol. The minimum Gasteiger partial charge on any atom is -0.550 e. The van der Waals surface area contributed by atoms with Crippen molar-refractivity contribution >= 4 is 33.5 Å². The molecule has 1 amide bonds. The predicted octanol–water partition coefficient (Wildman–Crippen LogP) is 0.552. The number of benzene rings is 1. The van der Waals surface area contributed by atoms with E-state index in [-0.39, 0.29) is 18.9 Å². The van der Waals surface area contributed by atoms with Crippen LogP contribution in [0.1, 0.15) is 6.42 Å². The van der Waals surface area contributed by atoms with Gasteiger partial charge in [-0.3, -0.25) is 4.79 Å². The van der Waals surface area contributed by atoms with Gasteiger partial charge in [0.1, 0.15) is 0 Å². The summed E-state index contributed by atoms with van der Waals surface area (Å²) >= 11 is 3.30. The van der Waals surface area contributed by atoms with Crippen LogP contribution < -0.4 is 10.0 Å². The average Bonchev–Trinajstić information content (AvgIpc) is 2.62. The SMILES string of the molecule is O=C([O-])[C@@H]1CC(=O)N(c2ccc(Br)cc2)C1. The van der Waals surface area contributed by atoms with Gasteiger partial charge < -0.3 is 14.8 Å². The molecule has 0 spiro atoms. The third kappa shape index (κ3) is 2.09. The molecule has 2 rings (SSSR count). The normalized spacial score (nSPS) is 20.2. The summed E-state index contributed by atoms with van der Waals surface area (Å²) in [6.45, 7) is 0.197. The minimum atomic E-state index is -1.16. The van der Waals surface area contributed by atoms with E-state index in [0.717, 1.165) is 10.2 Å². The van der Waals surface area contributed by atoms with Crippen molar-refractivity contribution in [2.75, 3.05) is 11.4 Å². The number of hydrogen-bond donors (Lipinski definition) is 0. The van der Waals surface area contributed by atoms with Gasteiger partial charge in [0.05, 0.1) is 0 Å². The molecule has 1 aliphatic heterocycles. The van der Waals surface area contributed by atoms with Crippen LogP contribution in [-0.2, 0) is 9.59 Å². The maximum absolute atomic E-state index is 11.6. The van der Waals surface area contributed by atoms with Crippen molar-refractivity contribution in [2.24, 2.45) is 5.92 Å². The van der Waals surface area contributed by atoms with Gasteiger partial charge >= 0.3 is 0 Å². The number of carbonyl (C=O) groups excluding carboxylic acids is 2. The highest BCUT2D eigenvalue weighted by molar-refractivity contribution is 9.10. The van der Waals surface area contributed by atoms with Crippen molar-refractivity contribution in [1.29, 1.82) is 0 Å². The molecule has 0 N–H and O–H groups in total. The molecule has 0 bridgehead atoms. The molecular formula is C11H9BrNO3-. The summed E-state index contributed by atoms with van der Waals surface area (Å²) in [6, 6.07) is 7.18. The van der Waals surface area contributed by atoms with Crippen molar-refractivity contribution in [3.05, 3.63) is 28.7 Å². The number of hydrogen-bond acceptors (Lipinski definition) is 3. The largest absolute Gasteiger partial charge is 0.550 e. The molecular weight excluding hydrogens is 274 g/mol. The Morgan fingerprint density at radius 1 is 1.38 bits per heavy atom. The number of nitrogens with zero attached hydrogens (tertiary/aromatic N) is 1. The highest BCUT2D eigenvalue weighted by atomic mass is 79.9. The first-order valence-electron chi connectivity index (χ1n) is 4.84. The highest BCUT2D eigenvalue weighted by Gasteiger charge is 2.31. The van der Waals surface area contributed by atoms with E-state index in [9.17, 15) is 14.7 Å². The van der Waals surface area contributed by atoms with Gasteiger partial charge in [-0.25, -0.2) is 0 Å². The van der Waals surface area contributed by atoms with Crippen LogP contribution in [0.4, 0.5) is 5.69 Å². The Morgan fingerprint density at radius 2 is 2.00 bits per heavy atom. The van der Waals surface area contributed by atoms with Gasteiger partial charge in [-0.2, -0.15) is 0 Å². The van der Waals surface area contributed by atoms with Gasteiger partial charge in [-0.15, -0.1) is 0 Å². The lowest BCUT2D eigenvalue weighted by atomic mass is 10.1. The molecule has 0 unspecified atom stereocenters. The standard InChI is InChI=1S/C11H10BrNO3/c12-8-1-3-9(4-2-8)13-6-7(11(15)16)5-10(13)14/h1-4,7H,5-6H2,(H,15,16)/p-1/t7-/m1/s1. The summed E-state index contributed by atoms with van der Waals surface area (Å²) in [5.41, 5.74) is 0.719. The van der Waals surface area contributed by atoms with Crippen molar-refractivity contribution in [1.82, 2.24) is 0 Å². The van der Waals surface area contributed by atoms with Gasteiger partial charge in [0.25, 0.3) is 0 Å². The molecule has 1 saturated heterocycles. The molecule has 5 heteroatoms. The summed E-state index contributed by atoms with van der Waals surface area (Å²) in [4.78, 5) is 23.8. The lowest BCUT2D eigenvalue weighted by molar-refractivity contribution is -0.310. The van der Waals surface area contributed by atoms with E-state index in [0.29, 0.717) is 0 Å². The number of anilines is 1. The lowest BCUT2D eigenvalue weighted by Crippen LogP contribution is -2.33. The lowest BCUT2D eigenvalue weighted by Gasteiger charge is -2.17. The van der Waals surface area contributed by atoms with Gasteiger partial charge in [-0.1, -0.05) is 15.9 Å². The molecule has 1 aromatic carbocycles. The Kier molecular flexibility index (Phi) is 2.96. The molecule has 16 heavy (non-hydrogen) atoms. The summed E-state index contributed by atoms with van der Waals surface area (Å²) in [6.07, 6.45) is 0.0262. The van der Waals surface area contributed by atoms with E-state index >= 15 is 0 Å². The molecule has 1 aliphatic rings. The van der Waals surface area contributed by atoms with Crippen LogP contribution in [-0.4, -0.2) is 18.4 Å². The first-order chi connectivity index (χ1) is 7.58. The van der Waals surface area contributed by atoms with E-state index in [1.807, 2.05) is 12.1 Å². The smallest absolute Gasteiger partial charge is 0.227 e. The Balaban J connectivity index is 2.20. The van der Waals surface area contributed by atoms with Crippen LogP contribution in [0.2, 0.25) is 0 Å². The zero-order chi connectivity index (χ0) is 11.7. The van der Waals surface area contributed by atoms with Crippen molar-refractivity contribution in [3.63, 3.8) is 0 Å². The Morgan fingerprint density at radius 3 is 2.50 bits per heavy atom. The fourth-order valence-corrected chi connectivity index (χ4v) is 2.00. The highest BCUT2D eigenvalue weighted by Crippen LogP contribution is 2.25. The number of aliphatic carboxylic acids is 1. The van der Waals surface area contributed by atoms with Crippen LogP contribution in [0, 0.1) is 5.92 Å². The van der Waals surface area contributed by atoms with E-state index in [4.69, 9.17) is 0 Å². The first-order valence-corrected chi connectivity index (χ1v) is 5.64. The fourth-order valence-electron chi connectivity index (χ4n) is 1.74. The number of rotatable bonds is 2. The van der Waals surface area contributed by atoms with Crippen LogP contribution in [0.3, 0.4) is 0 Å². The summed E-state index contributed by atoms with van der Waals surface area (Å²) in [5, 5.41) is 10.7. The monoisotopic (exact) mass is 282 g/mol. The van der Waals surface area contributed by atoms with Gasteiger partial charge in [-0.05, 0) is 24.3 Å². The Labute approximate surface area is 101 Å². The molecule has 1 atom stereocenters. The molecule has 1 heterocycles. The molecule has 84 valence electrons. The number of amides is 1. The summed E-state index contributed by atoms with van der Waals surface area (Å²) < 4.78 is 0.916. The Bertz CT molecular complexity index is 429. The molecule has 0 saturated carbocycles. The topological polar surface area (TPSA) is 60.4 Å². The van der Waals surface area contributed by atoms with Gasteiger partial charge in [0.15, 0.2) is 0 Å². The van der Waals surface area contributed by atoms with E-state index < -0.39 is 11.9 Å². The molecule has 1 aromatic rings.